The van der Waals surface area contributed by atoms with E-state index in [-0.39, 0.29) is 23.7 Å². The number of anilines is 2. The molecular formula is C38H47N9O5. The minimum Gasteiger partial charge on any atom is -0.444 e. The van der Waals surface area contributed by atoms with Gasteiger partial charge in [0.1, 0.15) is 17.5 Å². The number of hydrogen-bond acceptors (Lipinski definition) is 10. The minimum absolute atomic E-state index is 0.144. The maximum Gasteiger partial charge on any atom is 0.407 e. The monoisotopic (exact) mass is 709 g/mol. The van der Waals surface area contributed by atoms with E-state index >= 15 is 0 Å². The number of tetrazole rings is 1. The number of carbonyl (C=O) groups excluding carboxylic acids is 3. The third-order valence-corrected chi connectivity index (χ3v) is 9.35. The van der Waals surface area contributed by atoms with Gasteiger partial charge in [0.15, 0.2) is 0 Å². The van der Waals surface area contributed by atoms with Gasteiger partial charge in [-0.2, -0.15) is 5.21 Å². The van der Waals surface area contributed by atoms with E-state index in [4.69, 9.17) is 9.47 Å². The molecule has 0 radical (unpaired) electrons. The summed E-state index contributed by atoms with van der Waals surface area (Å²) in [6.07, 6.45) is 4.68. The van der Waals surface area contributed by atoms with Gasteiger partial charge in [-0.25, -0.2) is 9.78 Å². The molecule has 4 aromatic rings. The smallest absolute Gasteiger partial charge is 0.407 e. The van der Waals surface area contributed by atoms with Crippen LogP contribution >= 0.6 is 0 Å². The van der Waals surface area contributed by atoms with Gasteiger partial charge in [0.2, 0.25) is 17.6 Å². The quantitative estimate of drug-likeness (QED) is 0.170. The highest BCUT2D eigenvalue weighted by Crippen LogP contribution is 2.29. The number of nitrogens with one attached hydrogen (secondary N) is 4. The van der Waals surface area contributed by atoms with Crippen molar-refractivity contribution in [1.29, 1.82) is 0 Å². The molecule has 2 aromatic heterocycles. The van der Waals surface area contributed by atoms with Crippen LogP contribution in [0.3, 0.4) is 0 Å². The molecule has 1 saturated heterocycles. The molecular weight excluding hydrogens is 662 g/mol. The summed E-state index contributed by atoms with van der Waals surface area (Å²) in [6, 6.07) is 18.4. The van der Waals surface area contributed by atoms with Gasteiger partial charge in [0.25, 0.3) is 0 Å². The van der Waals surface area contributed by atoms with Gasteiger partial charge >= 0.3 is 6.09 Å². The zero-order valence-electron chi connectivity index (χ0n) is 29.9. The Bertz CT molecular complexity index is 1760. The lowest BCUT2D eigenvalue weighted by Gasteiger charge is -2.29. The summed E-state index contributed by atoms with van der Waals surface area (Å²) in [7, 11) is 0. The van der Waals surface area contributed by atoms with Crippen LogP contribution in [0.4, 0.5) is 16.3 Å². The third-order valence-electron chi connectivity index (χ3n) is 9.35. The topological polar surface area (TPSA) is 176 Å². The van der Waals surface area contributed by atoms with E-state index in [1.54, 1.807) is 24.3 Å². The number of carbonyl (C=O) groups is 3. The Morgan fingerprint density at radius 2 is 1.62 bits per heavy atom. The minimum atomic E-state index is -0.809. The Hall–Kier alpha value is -5.37. The molecule has 2 aliphatic rings. The molecule has 4 N–H and O–H groups in total. The van der Waals surface area contributed by atoms with Crippen LogP contribution < -0.4 is 20.9 Å². The first-order valence-electron chi connectivity index (χ1n) is 17.9. The SMILES string of the molecule is CC(C)(C)OC(=O)NC[C@H]1CC[C@H](C(=O)N[C@@H](Cc2ccc(-c3ccc(N4CCOCC4)nc3)cc2)C(=O)Nc2ccc(-c3nn[nH]n3)cc2)CC1. The van der Waals surface area contributed by atoms with E-state index in [1.807, 2.05) is 57.3 Å². The highest BCUT2D eigenvalue weighted by molar-refractivity contribution is 5.97. The van der Waals surface area contributed by atoms with Gasteiger partial charge in [-0.15, -0.1) is 10.2 Å². The first kappa shape index (κ1) is 36.4. The summed E-state index contributed by atoms with van der Waals surface area (Å²) in [6.45, 7) is 9.05. The number of nitrogens with zero attached hydrogens (tertiary/aromatic N) is 5. The summed E-state index contributed by atoms with van der Waals surface area (Å²) in [4.78, 5) is 46.4. The maximum atomic E-state index is 13.8. The van der Waals surface area contributed by atoms with Crippen molar-refractivity contribution < 1.29 is 23.9 Å². The molecule has 6 rings (SSSR count). The Labute approximate surface area is 303 Å². The van der Waals surface area contributed by atoms with Gasteiger partial charge in [-0.1, -0.05) is 24.3 Å². The number of aromatic nitrogens is 5. The van der Waals surface area contributed by atoms with E-state index in [1.165, 1.54) is 0 Å². The summed E-state index contributed by atoms with van der Waals surface area (Å²) in [5, 5.41) is 22.9. The fraction of sp³-hybridized carbons (Fsp3) is 0.447. The fourth-order valence-electron chi connectivity index (χ4n) is 6.49. The lowest BCUT2D eigenvalue weighted by Crippen LogP contribution is -2.48. The number of rotatable bonds is 11. The highest BCUT2D eigenvalue weighted by atomic mass is 16.6. The molecule has 14 heteroatoms. The number of benzene rings is 2. The van der Waals surface area contributed by atoms with Crippen LogP contribution in [0.5, 0.6) is 0 Å². The largest absolute Gasteiger partial charge is 0.444 e. The Kier molecular flexibility index (Phi) is 11.7. The predicted octanol–water partition coefficient (Wildman–Crippen LogP) is 4.76. The molecule has 52 heavy (non-hydrogen) atoms. The van der Waals surface area contributed by atoms with Crippen molar-refractivity contribution in [2.24, 2.45) is 11.8 Å². The molecule has 1 aliphatic heterocycles. The second-order valence-corrected chi connectivity index (χ2v) is 14.4. The summed E-state index contributed by atoms with van der Waals surface area (Å²) < 4.78 is 10.8. The highest BCUT2D eigenvalue weighted by Gasteiger charge is 2.30. The van der Waals surface area contributed by atoms with Crippen LogP contribution in [0.25, 0.3) is 22.5 Å². The number of hydrogen-bond donors (Lipinski definition) is 4. The van der Waals surface area contributed by atoms with Crippen LogP contribution in [0, 0.1) is 11.8 Å². The first-order valence-corrected chi connectivity index (χ1v) is 17.9. The van der Waals surface area contributed by atoms with Crippen LogP contribution in [-0.2, 0) is 25.5 Å². The number of H-pyrrole nitrogens is 1. The number of aromatic amines is 1. The van der Waals surface area contributed by atoms with Crippen LogP contribution in [0.15, 0.2) is 66.9 Å². The second-order valence-electron chi connectivity index (χ2n) is 14.4. The average Bonchev–Trinajstić information content (AvgIpc) is 3.70. The normalized spacial score (nSPS) is 18.2. The zero-order valence-corrected chi connectivity index (χ0v) is 29.9. The number of morpholine rings is 1. The van der Waals surface area contributed by atoms with E-state index in [0.717, 1.165) is 54.0 Å². The standard InChI is InChI=1S/C38H47N9O5/c1-38(2,3)52-37(50)40-23-26-6-10-29(11-7-26)35(48)42-32(36(49)41-31-15-12-28(13-16-31)34-43-45-46-44-34)22-25-4-8-27(9-5-25)30-14-17-33(39-24-30)47-18-20-51-21-19-47/h4-5,8-9,12-17,24,26,29,32H,6-7,10-11,18-23H2,1-3H3,(H,40,50)(H,41,49)(H,42,48)(H,43,44,45,46)/t26-,29-,32-/m0/s1. The summed E-state index contributed by atoms with van der Waals surface area (Å²) >= 11 is 0. The molecule has 0 spiro atoms. The Balaban J connectivity index is 1.09. The second kappa shape index (κ2) is 16.8. The number of ether oxygens (including phenoxy) is 2. The van der Waals surface area contributed by atoms with Crippen LogP contribution in [0.2, 0.25) is 0 Å². The number of amides is 3. The number of alkyl carbamates (subject to hydrolysis) is 1. The Morgan fingerprint density at radius 1 is 0.923 bits per heavy atom. The van der Waals surface area contributed by atoms with Crippen LogP contribution in [-0.4, -0.2) is 88.0 Å². The molecule has 0 unspecified atom stereocenters. The Morgan fingerprint density at radius 3 is 2.25 bits per heavy atom. The summed E-state index contributed by atoms with van der Waals surface area (Å²) in [5.74, 6) is 0.958. The van der Waals surface area contributed by atoms with Gasteiger partial charge in [-0.05, 0) is 105 Å². The van der Waals surface area contributed by atoms with Gasteiger partial charge in [0, 0.05) is 55.0 Å². The molecule has 14 nitrogen and oxygen atoms in total. The molecule has 2 aromatic carbocycles. The fourth-order valence-corrected chi connectivity index (χ4v) is 6.49. The molecule has 2 fully saturated rings. The lowest BCUT2D eigenvalue weighted by atomic mass is 9.81. The van der Waals surface area contributed by atoms with E-state index in [0.29, 0.717) is 50.5 Å². The molecule has 274 valence electrons. The van der Waals surface area contributed by atoms with Crippen molar-refractivity contribution >= 4 is 29.4 Å². The average molecular weight is 710 g/mol. The maximum absolute atomic E-state index is 13.8. The van der Waals surface area contributed by atoms with Crippen LogP contribution in [0.1, 0.15) is 52.0 Å². The van der Waals surface area contributed by atoms with Crippen molar-refractivity contribution in [2.45, 2.75) is 64.5 Å². The molecule has 1 aliphatic carbocycles. The van der Waals surface area contributed by atoms with Crippen molar-refractivity contribution in [3.05, 3.63) is 72.4 Å². The van der Waals surface area contributed by atoms with Crippen molar-refractivity contribution in [1.82, 2.24) is 36.2 Å². The van der Waals surface area contributed by atoms with Crippen molar-refractivity contribution in [2.75, 3.05) is 43.1 Å². The molecule has 0 bridgehead atoms. The molecule has 3 amide bonds. The molecule has 3 heterocycles. The first-order chi connectivity index (χ1) is 25.1. The van der Waals surface area contributed by atoms with Crippen molar-refractivity contribution in [3.63, 3.8) is 0 Å². The predicted molar refractivity (Wildman–Crippen MR) is 196 cm³/mol. The van der Waals surface area contributed by atoms with Gasteiger partial charge in [-0.3, -0.25) is 9.59 Å². The van der Waals surface area contributed by atoms with E-state index in [9.17, 15) is 14.4 Å². The number of pyridine rings is 1. The van der Waals surface area contributed by atoms with Gasteiger partial charge < -0.3 is 30.3 Å². The lowest BCUT2D eigenvalue weighted by molar-refractivity contribution is -0.130. The molecule has 1 atom stereocenters. The van der Waals surface area contributed by atoms with Gasteiger partial charge in [0.05, 0.1) is 13.2 Å². The molecule has 1 saturated carbocycles. The third kappa shape index (κ3) is 10.1. The van der Waals surface area contributed by atoms with Crippen molar-refractivity contribution in [3.8, 4) is 22.5 Å². The van der Waals surface area contributed by atoms with E-state index < -0.39 is 17.7 Å². The summed E-state index contributed by atoms with van der Waals surface area (Å²) in [5.41, 5.74) is 3.68. The zero-order chi connectivity index (χ0) is 36.5. The van der Waals surface area contributed by atoms with E-state index in [2.05, 4.69) is 52.5 Å².